The van der Waals surface area contributed by atoms with Gasteiger partial charge in [-0.1, -0.05) is 17.7 Å². The van der Waals surface area contributed by atoms with Crippen LogP contribution in [0.25, 0.3) is 0 Å². The van der Waals surface area contributed by atoms with E-state index in [1.165, 1.54) is 5.56 Å². The molecular weight excluding hydrogens is 174 g/mol. The first-order valence-corrected chi connectivity index (χ1v) is 5.14. The molecule has 1 amide bonds. The van der Waals surface area contributed by atoms with Gasteiger partial charge in [-0.2, -0.15) is 0 Å². The molecule has 1 aliphatic carbocycles. The normalized spacial score (nSPS) is 29.2. The van der Waals surface area contributed by atoms with E-state index in [-0.39, 0.29) is 0 Å². The fourth-order valence-corrected chi connectivity index (χ4v) is 2.23. The van der Waals surface area contributed by atoms with Crippen molar-refractivity contribution in [2.45, 2.75) is 13.3 Å². The molecule has 0 bridgehead atoms. The number of nitrogens with zero attached hydrogens (tertiary/aromatic N) is 1. The van der Waals surface area contributed by atoms with E-state index < -0.39 is 0 Å². The van der Waals surface area contributed by atoms with Gasteiger partial charge in [-0.05, 0) is 31.4 Å². The number of carbonyl (C=O) groups is 1. The lowest BCUT2D eigenvalue weighted by molar-refractivity contribution is -0.118. The molecular formula is C12H13NO. The monoisotopic (exact) mass is 187 g/mol. The molecule has 1 heterocycles. The van der Waals surface area contributed by atoms with Crippen LogP contribution in [0.1, 0.15) is 12.0 Å². The second-order valence-electron chi connectivity index (χ2n) is 4.39. The van der Waals surface area contributed by atoms with E-state index in [1.54, 1.807) is 0 Å². The fourth-order valence-electron chi connectivity index (χ4n) is 2.23. The second kappa shape index (κ2) is 2.59. The summed E-state index contributed by atoms with van der Waals surface area (Å²) < 4.78 is 0. The lowest BCUT2D eigenvalue weighted by Crippen LogP contribution is -2.27. The highest BCUT2D eigenvalue weighted by molar-refractivity contribution is 5.99. The molecule has 2 heteroatoms. The summed E-state index contributed by atoms with van der Waals surface area (Å²) >= 11 is 0. The Balaban J connectivity index is 1.89. The predicted octanol–water partition coefficient (Wildman–Crippen LogP) is 1.98. The second-order valence-corrected chi connectivity index (χ2v) is 4.39. The number of aryl methyl sites for hydroxylation is 1. The Kier molecular flexibility index (Phi) is 1.49. The van der Waals surface area contributed by atoms with Gasteiger partial charge < -0.3 is 4.90 Å². The molecule has 0 N–H and O–H groups in total. The molecule has 2 nitrogen and oxygen atoms in total. The van der Waals surface area contributed by atoms with Gasteiger partial charge in [-0.25, -0.2) is 0 Å². The van der Waals surface area contributed by atoms with Crippen molar-refractivity contribution < 1.29 is 4.79 Å². The molecule has 0 aromatic heterocycles. The van der Waals surface area contributed by atoms with Crippen LogP contribution in [0, 0.1) is 18.8 Å². The summed E-state index contributed by atoms with van der Waals surface area (Å²) in [4.78, 5) is 13.7. The molecule has 1 aromatic carbocycles. The summed E-state index contributed by atoms with van der Waals surface area (Å²) in [6.07, 6.45) is 1.13. The van der Waals surface area contributed by atoms with Crippen LogP contribution in [0.3, 0.4) is 0 Å². The average Bonchev–Trinajstić information content (AvgIpc) is 2.88. The first-order chi connectivity index (χ1) is 6.75. The molecule has 2 atom stereocenters. The van der Waals surface area contributed by atoms with Gasteiger partial charge in [0.15, 0.2) is 0 Å². The number of carbonyl (C=O) groups excluding carboxylic acids is 1. The topological polar surface area (TPSA) is 20.3 Å². The highest BCUT2D eigenvalue weighted by atomic mass is 16.2. The van der Waals surface area contributed by atoms with E-state index in [0.29, 0.717) is 17.7 Å². The minimum absolute atomic E-state index is 0.332. The molecule has 14 heavy (non-hydrogen) atoms. The SMILES string of the molecule is Cc1ccc(N2CC3CC3C2=O)cc1. The van der Waals surface area contributed by atoms with Crippen molar-refractivity contribution in [2.75, 3.05) is 11.4 Å². The molecule has 3 rings (SSSR count). The van der Waals surface area contributed by atoms with Crippen molar-refractivity contribution in [1.29, 1.82) is 0 Å². The Morgan fingerprint density at radius 1 is 1.29 bits per heavy atom. The molecule has 1 aromatic rings. The van der Waals surface area contributed by atoms with E-state index >= 15 is 0 Å². The zero-order chi connectivity index (χ0) is 9.71. The maximum absolute atomic E-state index is 11.8. The van der Waals surface area contributed by atoms with Gasteiger partial charge in [0.1, 0.15) is 0 Å². The van der Waals surface area contributed by atoms with Crippen LogP contribution in [-0.2, 0) is 4.79 Å². The van der Waals surface area contributed by atoms with E-state index in [9.17, 15) is 4.79 Å². The van der Waals surface area contributed by atoms with E-state index in [2.05, 4.69) is 19.1 Å². The quantitative estimate of drug-likeness (QED) is 0.658. The van der Waals surface area contributed by atoms with Crippen molar-refractivity contribution in [2.24, 2.45) is 11.8 Å². The minimum Gasteiger partial charge on any atom is -0.312 e. The highest BCUT2D eigenvalue weighted by Crippen LogP contribution is 2.47. The highest BCUT2D eigenvalue weighted by Gasteiger charge is 2.52. The molecule has 2 unspecified atom stereocenters. The first kappa shape index (κ1) is 8.04. The van der Waals surface area contributed by atoms with Crippen molar-refractivity contribution in [3.8, 4) is 0 Å². The fraction of sp³-hybridized carbons (Fsp3) is 0.417. The number of rotatable bonds is 1. The van der Waals surface area contributed by atoms with E-state index in [1.807, 2.05) is 17.0 Å². The van der Waals surface area contributed by atoms with Crippen molar-refractivity contribution in [3.63, 3.8) is 0 Å². The Bertz CT molecular complexity index is 382. The Morgan fingerprint density at radius 3 is 2.57 bits per heavy atom. The third-order valence-corrected chi connectivity index (χ3v) is 3.27. The molecule has 72 valence electrons. The third-order valence-electron chi connectivity index (χ3n) is 3.27. The Morgan fingerprint density at radius 2 is 2.00 bits per heavy atom. The van der Waals surface area contributed by atoms with Crippen LogP contribution in [-0.4, -0.2) is 12.5 Å². The van der Waals surface area contributed by atoms with Crippen LogP contribution in [0.4, 0.5) is 5.69 Å². The van der Waals surface area contributed by atoms with Crippen LogP contribution in [0.5, 0.6) is 0 Å². The summed E-state index contributed by atoms with van der Waals surface area (Å²) in [6.45, 7) is 3.00. The van der Waals surface area contributed by atoms with Gasteiger partial charge in [-0.3, -0.25) is 4.79 Å². The van der Waals surface area contributed by atoms with E-state index in [0.717, 1.165) is 18.7 Å². The zero-order valence-corrected chi connectivity index (χ0v) is 8.23. The summed E-state index contributed by atoms with van der Waals surface area (Å²) in [5, 5.41) is 0. The van der Waals surface area contributed by atoms with Crippen molar-refractivity contribution >= 4 is 11.6 Å². The van der Waals surface area contributed by atoms with Crippen LogP contribution in [0.2, 0.25) is 0 Å². The Labute approximate surface area is 83.5 Å². The van der Waals surface area contributed by atoms with Crippen molar-refractivity contribution in [1.82, 2.24) is 0 Å². The number of benzene rings is 1. The molecule has 1 saturated carbocycles. The van der Waals surface area contributed by atoms with Gasteiger partial charge in [-0.15, -0.1) is 0 Å². The van der Waals surface area contributed by atoms with Crippen LogP contribution in [0.15, 0.2) is 24.3 Å². The predicted molar refractivity (Wildman–Crippen MR) is 55.1 cm³/mol. The van der Waals surface area contributed by atoms with Gasteiger partial charge >= 0.3 is 0 Å². The molecule has 0 radical (unpaired) electrons. The smallest absolute Gasteiger partial charge is 0.230 e. The molecule has 1 aliphatic heterocycles. The summed E-state index contributed by atoms with van der Waals surface area (Å²) in [7, 11) is 0. The lowest BCUT2D eigenvalue weighted by atomic mass is 10.2. The number of hydrogen-bond donors (Lipinski definition) is 0. The summed E-state index contributed by atoms with van der Waals surface area (Å²) in [5.74, 6) is 1.35. The molecule has 2 aliphatic rings. The average molecular weight is 187 g/mol. The minimum atomic E-state index is 0.332. The van der Waals surface area contributed by atoms with Gasteiger partial charge in [0.25, 0.3) is 0 Å². The number of anilines is 1. The molecule has 2 fully saturated rings. The summed E-state index contributed by atoms with van der Waals surface area (Å²) in [5.41, 5.74) is 2.30. The number of amides is 1. The van der Waals surface area contributed by atoms with Crippen LogP contribution >= 0.6 is 0 Å². The summed E-state index contributed by atoms with van der Waals surface area (Å²) in [6, 6.07) is 8.20. The van der Waals surface area contributed by atoms with Gasteiger partial charge in [0.2, 0.25) is 5.91 Å². The molecule has 0 spiro atoms. The Hall–Kier alpha value is -1.31. The third kappa shape index (κ3) is 1.07. The first-order valence-electron chi connectivity index (χ1n) is 5.14. The zero-order valence-electron chi connectivity index (χ0n) is 8.23. The largest absolute Gasteiger partial charge is 0.312 e. The maximum atomic E-state index is 11.8. The number of piperidine rings is 1. The number of fused-ring (bicyclic) bond motifs is 1. The van der Waals surface area contributed by atoms with Gasteiger partial charge in [0.05, 0.1) is 0 Å². The van der Waals surface area contributed by atoms with Crippen LogP contribution < -0.4 is 4.90 Å². The van der Waals surface area contributed by atoms with Crippen molar-refractivity contribution in [3.05, 3.63) is 29.8 Å². The number of hydrogen-bond acceptors (Lipinski definition) is 1. The van der Waals surface area contributed by atoms with E-state index in [4.69, 9.17) is 0 Å². The lowest BCUT2D eigenvalue weighted by Gasteiger charge is -2.18. The standard InChI is InChI=1S/C12H13NO/c1-8-2-4-10(5-3-8)13-7-9-6-11(9)12(13)14/h2-5,9,11H,6-7H2,1H3. The van der Waals surface area contributed by atoms with Gasteiger partial charge in [0, 0.05) is 18.2 Å². The maximum Gasteiger partial charge on any atom is 0.230 e. The molecule has 1 saturated heterocycles.